The molecular formula is C14H18O3. The van der Waals surface area contributed by atoms with Gasteiger partial charge in [-0.25, -0.2) is 0 Å². The molecule has 2 rings (SSSR count). The molecule has 0 amide bonds. The normalized spacial score (nSPS) is 18.2. The van der Waals surface area contributed by atoms with Crippen molar-refractivity contribution in [3.05, 3.63) is 28.8 Å². The Kier molecular flexibility index (Phi) is 2.86. The molecule has 0 spiro atoms. The van der Waals surface area contributed by atoms with Crippen molar-refractivity contribution in [3.63, 3.8) is 0 Å². The van der Waals surface area contributed by atoms with Gasteiger partial charge in [-0.1, -0.05) is 25.0 Å². The van der Waals surface area contributed by atoms with Crippen LogP contribution in [0, 0.1) is 13.8 Å². The number of phenols is 1. The molecule has 0 aliphatic heterocycles. The molecule has 17 heavy (non-hydrogen) atoms. The van der Waals surface area contributed by atoms with E-state index in [0.717, 1.165) is 29.5 Å². The molecule has 1 saturated carbocycles. The van der Waals surface area contributed by atoms with E-state index in [4.69, 9.17) is 0 Å². The second-order valence-electron chi connectivity index (χ2n) is 5.05. The first-order chi connectivity index (χ1) is 7.97. The molecule has 0 heterocycles. The van der Waals surface area contributed by atoms with Crippen molar-refractivity contribution in [2.45, 2.75) is 44.9 Å². The fourth-order valence-corrected chi connectivity index (χ4v) is 2.84. The topological polar surface area (TPSA) is 57.5 Å². The van der Waals surface area contributed by atoms with Crippen molar-refractivity contribution >= 4 is 5.97 Å². The Morgan fingerprint density at radius 1 is 1.18 bits per heavy atom. The molecule has 0 bridgehead atoms. The molecular weight excluding hydrogens is 216 g/mol. The van der Waals surface area contributed by atoms with Crippen molar-refractivity contribution in [2.24, 2.45) is 0 Å². The Hall–Kier alpha value is -1.51. The third kappa shape index (κ3) is 1.79. The maximum absolute atomic E-state index is 11.6. The number of aromatic hydroxyl groups is 1. The van der Waals surface area contributed by atoms with Crippen LogP contribution in [0.2, 0.25) is 0 Å². The van der Waals surface area contributed by atoms with Crippen molar-refractivity contribution in [1.82, 2.24) is 0 Å². The summed E-state index contributed by atoms with van der Waals surface area (Å²) in [5.41, 5.74) is 1.62. The van der Waals surface area contributed by atoms with Crippen LogP contribution in [0.25, 0.3) is 0 Å². The number of aryl methyl sites for hydroxylation is 2. The molecule has 0 atom stereocenters. The zero-order chi connectivity index (χ0) is 12.6. The van der Waals surface area contributed by atoms with Gasteiger partial charge in [0.1, 0.15) is 5.75 Å². The van der Waals surface area contributed by atoms with Gasteiger partial charge in [0.2, 0.25) is 0 Å². The van der Waals surface area contributed by atoms with Crippen LogP contribution in [0.4, 0.5) is 0 Å². The Bertz CT molecular complexity index is 434. The van der Waals surface area contributed by atoms with E-state index in [-0.39, 0.29) is 5.75 Å². The second-order valence-corrected chi connectivity index (χ2v) is 5.05. The summed E-state index contributed by atoms with van der Waals surface area (Å²) in [6.45, 7) is 3.63. The Balaban J connectivity index is 2.55. The van der Waals surface area contributed by atoms with Crippen molar-refractivity contribution in [2.75, 3.05) is 0 Å². The number of benzene rings is 1. The van der Waals surface area contributed by atoms with E-state index < -0.39 is 11.4 Å². The van der Waals surface area contributed by atoms with Gasteiger partial charge in [0.25, 0.3) is 0 Å². The minimum absolute atomic E-state index is 0.271. The van der Waals surface area contributed by atoms with Crippen LogP contribution in [0.15, 0.2) is 12.1 Å². The lowest BCUT2D eigenvalue weighted by Crippen LogP contribution is -2.32. The lowest BCUT2D eigenvalue weighted by molar-refractivity contribution is -0.143. The number of hydrogen-bond acceptors (Lipinski definition) is 2. The number of carboxylic acids is 1. The van der Waals surface area contributed by atoms with Gasteiger partial charge < -0.3 is 10.2 Å². The average molecular weight is 234 g/mol. The van der Waals surface area contributed by atoms with Crippen molar-refractivity contribution < 1.29 is 15.0 Å². The summed E-state index contributed by atoms with van der Waals surface area (Å²) in [6, 6.07) is 3.64. The highest BCUT2D eigenvalue weighted by Gasteiger charge is 2.43. The van der Waals surface area contributed by atoms with Crippen LogP contribution >= 0.6 is 0 Å². The van der Waals surface area contributed by atoms with Crippen molar-refractivity contribution in [3.8, 4) is 5.75 Å². The van der Waals surface area contributed by atoms with E-state index in [9.17, 15) is 15.0 Å². The van der Waals surface area contributed by atoms with Gasteiger partial charge in [-0.2, -0.15) is 0 Å². The van der Waals surface area contributed by atoms with Gasteiger partial charge in [-0.3, -0.25) is 4.79 Å². The third-order valence-electron chi connectivity index (χ3n) is 3.91. The Labute approximate surface area is 101 Å². The number of carbonyl (C=O) groups is 1. The summed E-state index contributed by atoms with van der Waals surface area (Å²) in [5, 5.41) is 19.3. The minimum atomic E-state index is -0.737. The predicted octanol–water partition coefficient (Wildman–Crippen LogP) is 2.91. The van der Waals surface area contributed by atoms with Gasteiger partial charge in [0.05, 0.1) is 5.41 Å². The van der Waals surface area contributed by atoms with Crippen LogP contribution in [-0.2, 0) is 10.2 Å². The van der Waals surface area contributed by atoms with E-state index in [2.05, 4.69) is 0 Å². The predicted molar refractivity (Wildman–Crippen MR) is 65.4 cm³/mol. The third-order valence-corrected chi connectivity index (χ3v) is 3.91. The molecule has 0 unspecified atom stereocenters. The molecule has 0 radical (unpaired) electrons. The molecule has 0 saturated heterocycles. The summed E-state index contributed by atoms with van der Waals surface area (Å²) < 4.78 is 0. The Morgan fingerprint density at radius 2 is 1.65 bits per heavy atom. The zero-order valence-corrected chi connectivity index (χ0v) is 10.3. The standard InChI is InChI=1S/C14H18O3/c1-9-7-11(8-10(2)12(9)15)14(13(16)17)5-3-4-6-14/h7-8,15H,3-6H2,1-2H3,(H,16,17). The number of aliphatic carboxylic acids is 1. The van der Waals surface area contributed by atoms with E-state index in [0.29, 0.717) is 12.8 Å². The highest BCUT2D eigenvalue weighted by molar-refractivity contribution is 5.82. The molecule has 1 aromatic carbocycles. The smallest absolute Gasteiger partial charge is 0.314 e. The van der Waals surface area contributed by atoms with Crippen LogP contribution in [0.1, 0.15) is 42.4 Å². The van der Waals surface area contributed by atoms with E-state index >= 15 is 0 Å². The SMILES string of the molecule is Cc1cc(C2(C(=O)O)CCCC2)cc(C)c1O. The maximum Gasteiger partial charge on any atom is 0.314 e. The minimum Gasteiger partial charge on any atom is -0.507 e. The molecule has 1 aliphatic rings. The van der Waals surface area contributed by atoms with Gasteiger partial charge in [0.15, 0.2) is 0 Å². The molecule has 92 valence electrons. The number of carboxylic acid groups (broad SMARTS) is 1. The van der Waals surface area contributed by atoms with Crippen LogP contribution in [-0.4, -0.2) is 16.2 Å². The highest BCUT2D eigenvalue weighted by Crippen LogP contribution is 2.43. The van der Waals surface area contributed by atoms with Gasteiger partial charge in [0, 0.05) is 0 Å². The fourth-order valence-electron chi connectivity index (χ4n) is 2.84. The first kappa shape index (κ1) is 12.0. The first-order valence-electron chi connectivity index (χ1n) is 6.01. The van der Waals surface area contributed by atoms with Crippen LogP contribution < -0.4 is 0 Å². The lowest BCUT2D eigenvalue weighted by Gasteiger charge is -2.25. The van der Waals surface area contributed by atoms with Gasteiger partial charge in [-0.05, 0) is 43.4 Å². The summed E-state index contributed by atoms with van der Waals surface area (Å²) in [5.74, 6) is -0.466. The highest BCUT2D eigenvalue weighted by atomic mass is 16.4. The number of rotatable bonds is 2. The molecule has 1 aliphatic carbocycles. The average Bonchev–Trinajstić information content (AvgIpc) is 2.75. The molecule has 1 aromatic rings. The van der Waals surface area contributed by atoms with Gasteiger partial charge >= 0.3 is 5.97 Å². The summed E-state index contributed by atoms with van der Waals surface area (Å²) in [4.78, 5) is 11.6. The van der Waals surface area contributed by atoms with E-state index in [1.54, 1.807) is 0 Å². The molecule has 0 aromatic heterocycles. The van der Waals surface area contributed by atoms with Gasteiger partial charge in [-0.15, -0.1) is 0 Å². The number of phenolic OH excluding ortho intramolecular Hbond substituents is 1. The van der Waals surface area contributed by atoms with Crippen molar-refractivity contribution in [1.29, 1.82) is 0 Å². The summed E-state index contributed by atoms with van der Waals surface area (Å²) in [6.07, 6.45) is 3.33. The monoisotopic (exact) mass is 234 g/mol. The lowest BCUT2D eigenvalue weighted by atomic mass is 9.78. The summed E-state index contributed by atoms with van der Waals surface area (Å²) >= 11 is 0. The van der Waals surface area contributed by atoms with E-state index in [1.807, 2.05) is 26.0 Å². The summed E-state index contributed by atoms with van der Waals surface area (Å²) in [7, 11) is 0. The molecule has 3 heteroatoms. The molecule has 3 nitrogen and oxygen atoms in total. The largest absolute Gasteiger partial charge is 0.507 e. The van der Waals surface area contributed by atoms with Crippen LogP contribution in [0.5, 0.6) is 5.75 Å². The number of hydrogen-bond donors (Lipinski definition) is 2. The second kappa shape index (κ2) is 4.06. The van der Waals surface area contributed by atoms with Crippen LogP contribution in [0.3, 0.4) is 0 Å². The first-order valence-corrected chi connectivity index (χ1v) is 6.01. The zero-order valence-electron chi connectivity index (χ0n) is 10.3. The molecule has 1 fully saturated rings. The quantitative estimate of drug-likeness (QED) is 0.827. The Morgan fingerprint density at radius 3 is 2.06 bits per heavy atom. The fraction of sp³-hybridized carbons (Fsp3) is 0.500. The van der Waals surface area contributed by atoms with E-state index in [1.165, 1.54) is 0 Å². The molecule has 2 N–H and O–H groups in total. The maximum atomic E-state index is 11.6.